The number of nitrogens with one attached hydrogen (secondary N) is 2. The molecule has 0 spiro atoms. The Labute approximate surface area is 128 Å². The smallest absolute Gasteiger partial charge is 0.249 e. The normalized spacial score (nSPS) is 12.7. The van der Waals surface area contributed by atoms with Gasteiger partial charge in [0.2, 0.25) is 18.6 Å². The summed E-state index contributed by atoms with van der Waals surface area (Å²) in [7, 11) is 0. The van der Waals surface area contributed by atoms with Crippen molar-refractivity contribution in [1.29, 1.82) is 0 Å². The standard InChI is InChI=1S/C15H19N3O4/c1-10(2)7-16-14(19)6-15(20)18-17-8-11-3-4-12-13(5-11)22-9-21-12/h3-5,8,10H,6-7,9H2,1-2H3,(H,16,19)(H,18,20)/b17-8+. The SMILES string of the molecule is CC(C)CNC(=O)CC(=O)N/N=C/c1ccc2c(c1)OCO2. The maximum Gasteiger partial charge on any atom is 0.249 e. The van der Waals surface area contributed by atoms with Gasteiger partial charge < -0.3 is 14.8 Å². The highest BCUT2D eigenvalue weighted by Crippen LogP contribution is 2.31. The second-order valence-corrected chi connectivity index (χ2v) is 5.28. The van der Waals surface area contributed by atoms with Gasteiger partial charge in [-0.25, -0.2) is 5.43 Å². The van der Waals surface area contributed by atoms with E-state index in [1.807, 2.05) is 13.8 Å². The van der Waals surface area contributed by atoms with E-state index in [-0.39, 0.29) is 19.1 Å². The second kappa shape index (κ2) is 7.44. The fourth-order valence-electron chi connectivity index (χ4n) is 1.74. The first kappa shape index (κ1) is 15.8. The van der Waals surface area contributed by atoms with Crippen LogP contribution in [0, 0.1) is 5.92 Å². The van der Waals surface area contributed by atoms with Gasteiger partial charge in [-0.3, -0.25) is 9.59 Å². The van der Waals surface area contributed by atoms with Gasteiger partial charge in [0.05, 0.1) is 6.21 Å². The molecule has 22 heavy (non-hydrogen) atoms. The number of carbonyl (C=O) groups is 2. The molecular weight excluding hydrogens is 286 g/mol. The van der Waals surface area contributed by atoms with Crippen LogP contribution in [0.4, 0.5) is 0 Å². The summed E-state index contributed by atoms with van der Waals surface area (Å²) >= 11 is 0. The predicted molar refractivity (Wildman–Crippen MR) is 80.8 cm³/mol. The first-order chi connectivity index (χ1) is 10.5. The zero-order valence-corrected chi connectivity index (χ0v) is 12.6. The minimum Gasteiger partial charge on any atom is -0.454 e. The van der Waals surface area contributed by atoms with Gasteiger partial charge in [0.1, 0.15) is 6.42 Å². The Balaban J connectivity index is 1.77. The van der Waals surface area contributed by atoms with Crippen molar-refractivity contribution in [3.63, 3.8) is 0 Å². The number of carbonyl (C=O) groups excluding carboxylic acids is 2. The molecule has 1 aliphatic heterocycles. The minimum absolute atomic E-state index is 0.207. The van der Waals surface area contributed by atoms with Crippen molar-refractivity contribution in [1.82, 2.24) is 10.7 Å². The highest BCUT2D eigenvalue weighted by atomic mass is 16.7. The molecule has 2 N–H and O–H groups in total. The van der Waals surface area contributed by atoms with Crippen LogP contribution in [0.15, 0.2) is 23.3 Å². The number of rotatable bonds is 6. The van der Waals surface area contributed by atoms with Crippen molar-refractivity contribution >= 4 is 18.0 Å². The van der Waals surface area contributed by atoms with Crippen LogP contribution in [0.5, 0.6) is 11.5 Å². The predicted octanol–water partition coefficient (Wildman–Crippen LogP) is 1.03. The highest BCUT2D eigenvalue weighted by Gasteiger charge is 2.12. The summed E-state index contributed by atoms with van der Waals surface area (Å²) < 4.78 is 10.4. The number of fused-ring (bicyclic) bond motifs is 1. The second-order valence-electron chi connectivity index (χ2n) is 5.28. The Hall–Kier alpha value is -2.57. The molecule has 2 amide bonds. The van der Waals surface area contributed by atoms with Crippen molar-refractivity contribution in [3.8, 4) is 11.5 Å². The average molecular weight is 305 g/mol. The van der Waals surface area contributed by atoms with E-state index in [0.717, 1.165) is 5.56 Å². The minimum atomic E-state index is -0.460. The summed E-state index contributed by atoms with van der Waals surface area (Å²) in [4.78, 5) is 23.0. The van der Waals surface area contributed by atoms with Crippen LogP contribution in [0.2, 0.25) is 0 Å². The molecule has 0 unspecified atom stereocenters. The van der Waals surface area contributed by atoms with Crippen LogP contribution < -0.4 is 20.2 Å². The Morgan fingerprint density at radius 3 is 2.82 bits per heavy atom. The van der Waals surface area contributed by atoms with Gasteiger partial charge in [-0.1, -0.05) is 13.8 Å². The van der Waals surface area contributed by atoms with Crippen LogP contribution >= 0.6 is 0 Å². The van der Waals surface area contributed by atoms with Crippen LogP contribution in [-0.4, -0.2) is 31.4 Å². The van der Waals surface area contributed by atoms with E-state index in [9.17, 15) is 9.59 Å². The molecule has 0 bridgehead atoms. The molecule has 0 aromatic heterocycles. The number of hydrogen-bond acceptors (Lipinski definition) is 5. The molecule has 2 rings (SSSR count). The lowest BCUT2D eigenvalue weighted by atomic mass is 10.2. The first-order valence-electron chi connectivity index (χ1n) is 7.03. The van der Waals surface area contributed by atoms with E-state index in [4.69, 9.17) is 9.47 Å². The fraction of sp³-hybridized carbons (Fsp3) is 0.400. The molecular formula is C15H19N3O4. The Morgan fingerprint density at radius 1 is 1.27 bits per heavy atom. The lowest BCUT2D eigenvalue weighted by molar-refractivity contribution is -0.129. The van der Waals surface area contributed by atoms with Crippen LogP contribution in [0.1, 0.15) is 25.8 Å². The molecule has 0 fully saturated rings. The summed E-state index contributed by atoms with van der Waals surface area (Å²) in [6, 6.07) is 5.32. The highest BCUT2D eigenvalue weighted by molar-refractivity contribution is 5.97. The van der Waals surface area contributed by atoms with Crippen LogP contribution in [-0.2, 0) is 9.59 Å². The Kier molecular flexibility index (Phi) is 5.35. The van der Waals surface area contributed by atoms with E-state index in [2.05, 4.69) is 15.8 Å². The molecule has 1 aromatic rings. The van der Waals surface area contributed by atoms with E-state index >= 15 is 0 Å². The van der Waals surface area contributed by atoms with Gasteiger partial charge in [0.25, 0.3) is 0 Å². The molecule has 0 radical (unpaired) electrons. The molecule has 0 atom stereocenters. The van der Waals surface area contributed by atoms with Gasteiger partial charge in [0, 0.05) is 6.54 Å². The van der Waals surface area contributed by atoms with Crippen molar-refractivity contribution in [2.45, 2.75) is 20.3 Å². The van der Waals surface area contributed by atoms with E-state index in [0.29, 0.717) is 24.0 Å². The van der Waals surface area contributed by atoms with Crippen molar-refractivity contribution in [3.05, 3.63) is 23.8 Å². The molecule has 1 aromatic carbocycles. The van der Waals surface area contributed by atoms with Gasteiger partial charge in [-0.15, -0.1) is 0 Å². The number of ether oxygens (including phenoxy) is 2. The number of amides is 2. The molecule has 7 nitrogen and oxygen atoms in total. The topological polar surface area (TPSA) is 89.0 Å². The molecule has 7 heteroatoms. The molecule has 0 saturated heterocycles. The van der Waals surface area contributed by atoms with Crippen molar-refractivity contribution < 1.29 is 19.1 Å². The third kappa shape index (κ3) is 4.76. The zero-order chi connectivity index (χ0) is 15.9. The van der Waals surface area contributed by atoms with Gasteiger partial charge >= 0.3 is 0 Å². The summed E-state index contributed by atoms with van der Waals surface area (Å²) in [6.07, 6.45) is 1.23. The third-order valence-corrected chi connectivity index (χ3v) is 2.83. The first-order valence-corrected chi connectivity index (χ1v) is 7.03. The Morgan fingerprint density at radius 2 is 2.05 bits per heavy atom. The van der Waals surface area contributed by atoms with E-state index in [1.54, 1.807) is 18.2 Å². The molecule has 1 aliphatic rings. The monoisotopic (exact) mass is 305 g/mol. The lowest BCUT2D eigenvalue weighted by Crippen LogP contribution is -2.32. The number of hydrogen-bond donors (Lipinski definition) is 2. The summed E-state index contributed by atoms with van der Waals surface area (Å²) in [6.45, 7) is 4.72. The summed E-state index contributed by atoms with van der Waals surface area (Å²) in [5, 5.41) is 6.48. The molecule has 118 valence electrons. The van der Waals surface area contributed by atoms with Crippen molar-refractivity contribution in [2.75, 3.05) is 13.3 Å². The maximum atomic E-state index is 11.5. The van der Waals surface area contributed by atoms with E-state index in [1.165, 1.54) is 6.21 Å². The number of benzene rings is 1. The largest absolute Gasteiger partial charge is 0.454 e. The maximum absolute atomic E-state index is 11.5. The average Bonchev–Trinajstić information content (AvgIpc) is 2.92. The van der Waals surface area contributed by atoms with Gasteiger partial charge in [-0.2, -0.15) is 5.10 Å². The van der Waals surface area contributed by atoms with Gasteiger partial charge in [-0.05, 0) is 29.7 Å². The summed E-state index contributed by atoms with van der Waals surface area (Å²) in [5.41, 5.74) is 3.07. The zero-order valence-electron chi connectivity index (χ0n) is 12.6. The van der Waals surface area contributed by atoms with Crippen LogP contribution in [0.25, 0.3) is 0 Å². The Bertz CT molecular complexity index is 584. The van der Waals surface area contributed by atoms with Gasteiger partial charge in [0.15, 0.2) is 11.5 Å². The van der Waals surface area contributed by atoms with E-state index < -0.39 is 5.91 Å². The lowest BCUT2D eigenvalue weighted by Gasteiger charge is -2.06. The quantitative estimate of drug-likeness (QED) is 0.467. The van der Waals surface area contributed by atoms with Crippen molar-refractivity contribution in [2.24, 2.45) is 11.0 Å². The fourth-order valence-corrected chi connectivity index (χ4v) is 1.74. The molecule has 0 saturated carbocycles. The molecule has 0 aliphatic carbocycles. The summed E-state index contributed by atoms with van der Waals surface area (Å²) in [5.74, 6) is 0.894. The number of hydrazone groups is 1. The van der Waals surface area contributed by atoms with Crippen LogP contribution in [0.3, 0.4) is 0 Å². The molecule has 1 heterocycles. The third-order valence-electron chi connectivity index (χ3n) is 2.83. The number of nitrogens with zero attached hydrogens (tertiary/aromatic N) is 1.